The van der Waals surface area contributed by atoms with Crippen molar-refractivity contribution in [3.8, 4) is 33.5 Å². The van der Waals surface area contributed by atoms with Gasteiger partial charge in [-0.3, -0.25) is 0 Å². The Hall–Kier alpha value is -3.19. The predicted octanol–water partition coefficient (Wildman–Crippen LogP) is 5.94. The number of pyridine rings is 1. The van der Waals surface area contributed by atoms with E-state index < -0.39 is 6.85 Å². The lowest BCUT2D eigenvalue weighted by Crippen LogP contribution is -2.31. The Morgan fingerprint density at radius 3 is 2.03 bits per heavy atom. The number of nitrogens with zero attached hydrogens (tertiary/aromatic N) is 1. The Morgan fingerprint density at radius 2 is 1.38 bits per heavy atom. The van der Waals surface area contributed by atoms with E-state index in [0.717, 1.165) is 18.5 Å². The third-order valence-corrected chi connectivity index (χ3v) is 6.68. The standard InChI is InChI=1S/C28H24N/c1-17-12-13-25(29(3)16-17)26-18(2)23-14-19-8-4-6-10-21(19)27(23)28-22-11-7-5-9-20(22)15-24(26)28/h4-13,16H,14-15H2,1-3H3/q+1/i1D3. The van der Waals surface area contributed by atoms with Crippen molar-refractivity contribution in [2.24, 2.45) is 7.05 Å². The van der Waals surface area contributed by atoms with Crippen LogP contribution in [0.4, 0.5) is 0 Å². The summed E-state index contributed by atoms with van der Waals surface area (Å²) < 4.78 is 25.4. The summed E-state index contributed by atoms with van der Waals surface area (Å²) in [6, 6.07) is 21.3. The molecule has 1 heterocycles. The van der Waals surface area contributed by atoms with Gasteiger partial charge in [0.1, 0.15) is 7.05 Å². The zero-order valence-electron chi connectivity index (χ0n) is 19.7. The van der Waals surface area contributed by atoms with Crippen molar-refractivity contribution < 1.29 is 8.68 Å². The van der Waals surface area contributed by atoms with Crippen molar-refractivity contribution in [3.63, 3.8) is 0 Å². The summed E-state index contributed by atoms with van der Waals surface area (Å²) in [6.07, 6.45) is 3.60. The molecule has 140 valence electrons. The summed E-state index contributed by atoms with van der Waals surface area (Å²) in [4.78, 5) is 0. The molecule has 2 aliphatic rings. The molecule has 0 aliphatic heterocycles. The first-order valence-electron chi connectivity index (χ1n) is 11.7. The number of aryl methyl sites for hydroxylation is 2. The molecule has 2 aliphatic carbocycles. The maximum atomic E-state index is 7.79. The van der Waals surface area contributed by atoms with E-state index in [1.807, 2.05) is 17.7 Å². The van der Waals surface area contributed by atoms with Crippen molar-refractivity contribution in [3.05, 3.63) is 100 Å². The lowest BCUT2D eigenvalue weighted by molar-refractivity contribution is -0.660. The molecule has 0 amide bonds. The van der Waals surface area contributed by atoms with E-state index in [0.29, 0.717) is 5.56 Å². The van der Waals surface area contributed by atoms with Crippen LogP contribution in [0.3, 0.4) is 0 Å². The maximum Gasteiger partial charge on any atom is 0.212 e. The second kappa shape index (κ2) is 5.90. The second-order valence-electron chi connectivity index (χ2n) is 8.29. The van der Waals surface area contributed by atoms with Crippen LogP contribution in [0.15, 0.2) is 66.9 Å². The molecular formula is C28H24N+. The summed E-state index contributed by atoms with van der Waals surface area (Å²) >= 11 is 0. The Kier molecular flexibility index (Phi) is 2.83. The zero-order valence-corrected chi connectivity index (χ0v) is 16.7. The maximum absolute atomic E-state index is 7.79. The van der Waals surface area contributed by atoms with Crippen LogP contribution in [-0.2, 0) is 19.9 Å². The fourth-order valence-corrected chi connectivity index (χ4v) is 5.42. The predicted molar refractivity (Wildman–Crippen MR) is 119 cm³/mol. The van der Waals surface area contributed by atoms with Crippen LogP contribution in [0.1, 0.15) is 37.5 Å². The number of rotatable bonds is 1. The van der Waals surface area contributed by atoms with Crippen LogP contribution >= 0.6 is 0 Å². The van der Waals surface area contributed by atoms with Crippen molar-refractivity contribution in [2.75, 3.05) is 0 Å². The molecule has 4 aromatic rings. The van der Waals surface area contributed by atoms with Crippen LogP contribution in [0.25, 0.3) is 33.5 Å². The molecule has 0 radical (unpaired) electrons. The van der Waals surface area contributed by atoms with Gasteiger partial charge in [-0.15, -0.1) is 0 Å². The number of fused-ring (bicyclic) bond motifs is 7. The third kappa shape index (κ3) is 2.25. The fraction of sp³-hybridized carbons (Fsp3) is 0.179. The molecule has 1 heteroatoms. The van der Waals surface area contributed by atoms with E-state index in [4.69, 9.17) is 4.11 Å². The van der Waals surface area contributed by atoms with Gasteiger partial charge in [0.2, 0.25) is 5.69 Å². The van der Waals surface area contributed by atoms with Crippen molar-refractivity contribution in [1.29, 1.82) is 0 Å². The highest BCUT2D eigenvalue weighted by atomic mass is 14.9. The van der Waals surface area contributed by atoms with Gasteiger partial charge >= 0.3 is 0 Å². The summed E-state index contributed by atoms with van der Waals surface area (Å²) in [6.45, 7) is 0.129. The molecular weight excluding hydrogens is 350 g/mol. The van der Waals surface area contributed by atoms with Gasteiger partial charge in [-0.2, -0.15) is 0 Å². The summed E-state index contributed by atoms with van der Waals surface area (Å²) in [7, 11) is 1.96. The van der Waals surface area contributed by atoms with Gasteiger partial charge in [-0.25, -0.2) is 4.57 Å². The molecule has 0 bridgehead atoms. The van der Waals surface area contributed by atoms with Crippen LogP contribution in [0.2, 0.25) is 0 Å². The van der Waals surface area contributed by atoms with Crippen molar-refractivity contribution in [1.82, 2.24) is 0 Å². The van der Waals surface area contributed by atoms with Crippen LogP contribution < -0.4 is 4.57 Å². The molecule has 3 aromatic carbocycles. The van der Waals surface area contributed by atoms with E-state index in [9.17, 15) is 0 Å². The molecule has 0 N–H and O–H groups in total. The van der Waals surface area contributed by atoms with E-state index in [-0.39, 0.29) is 0 Å². The summed E-state index contributed by atoms with van der Waals surface area (Å²) in [5.74, 6) is 0. The van der Waals surface area contributed by atoms with Gasteiger partial charge in [0.25, 0.3) is 0 Å². The van der Waals surface area contributed by atoms with Gasteiger partial charge in [0.15, 0.2) is 6.20 Å². The minimum absolute atomic E-state index is 0.370. The van der Waals surface area contributed by atoms with Crippen molar-refractivity contribution in [2.45, 2.75) is 26.6 Å². The Balaban J connectivity index is 1.68. The lowest BCUT2D eigenvalue weighted by atomic mass is 9.85. The first-order chi connectivity index (χ1) is 15.3. The molecule has 0 spiro atoms. The van der Waals surface area contributed by atoms with Gasteiger partial charge in [0.05, 0.1) is 5.56 Å². The molecule has 0 unspecified atom stereocenters. The van der Waals surface area contributed by atoms with E-state index in [2.05, 4.69) is 55.5 Å². The molecule has 0 saturated heterocycles. The number of hydrogen-bond acceptors (Lipinski definition) is 0. The van der Waals surface area contributed by atoms with Gasteiger partial charge in [0, 0.05) is 15.7 Å². The highest BCUT2D eigenvalue weighted by Crippen LogP contribution is 2.53. The molecule has 6 rings (SSSR count). The Labute approximate surface area is 176 Å². The third-order valence-electron chi connectivity index (χ3n) is 6.68. The van der Waals surface area contributed by atoms with Crippen molar-refractivity contribution >= 4 is 0 Å². The molecule has 0 atom stereocenters. The Morgan fingerprint density at radius 1 is 0.759 bits per heavy atom. The van der Waals surface area contributed by atoms with Gasteiger partial charge in [-0.1, -0.05) is 48.5 Å². The van der Waals surface area contributed by atoms with Crippen LogP contribution in [0, 0.1) is 13.8 Å². The van der Waals surface area contributed by atoms with E-state index in [1.165, 1.54) is 55.6 Å². The highest BCUT2D eigenvalue weighted by molar-refractivity contribution is 6.00. The normalized spacial score (nSPS) is 15.0. The monoisotopic (exact) mass is 377 g/mol. The average Bonchev–Trinajstić information content (AvgIpc) is 3.32. The molecule has 29 heavy (non-hydrogen) atoms. The largest absolute Gasteiger partial charge is 0.212 e. The number of hydrogen-bond donors (Lipinski definition) is 0. The summed E-state index contributed by atoms with van der Waals surface area (Å²) in [5.41, 5.74) is 14.9. The zero-order chi connectivity index (χ0) is 22.2. The SMILES string of the molecule is [2H]C([2H])([2H])c1ccc(-c2c(C)c3c(c4c2Cc2ccccc2-4)-c2ccccc2C3)[n+](C)c1. The number of aromatic nitrogens is 1. The van der Waals surface area contributed by atoms with E-state index in [1.54, 1.807) is 12.3 Å². The van der Waals surface area contributed by atoms with Crippen LogP contribution in [-0.4, -0.2) is 0 Å². The molecule has 1 nitrogen and oxygen atoms in total. The topological polar surface area (TPSA) is 3.88 Å². The Bertz CT molecular complexity index is 1430. The minimum Gasteiger partial charge on any atom is -0.201 e. The van der Waals surface area contributed by atoms with E-state index >= 15 is 0 Å². The lowest BCUT2D eigenvalue weighted by Gasteiger charge is -2.18. The average molecular weight is 378 g/mol. The summed E-state index contributed by atoms with van der Waals surface area (Å²) in [5, 5.41) is 0. The fourth-order valence-electron chi connectivity index (χ4n) is 5.42. The molecule has 0 fully saturated rings. The first kappa shape index (κ1) is 13.9. The quantitative estimate of drug-likeness (QED) is 0.312. The number of benzene rings is 3. The molecule has 1 aromatic heterocycles. The van der Waals surface area contributed by atoms with Gasteiger partial charge in [-0.05, 0) is 82.8 Å². The highest BCUT2D eigenvalue weighted by Gasteiger charge is 2.34. The molecule has 0 saturated carbocycles. The minimum atomic E-state index is -2.11. The smallest absolute Gasteiger partial charge is 0.201 e. The second-order valence-corrected chi connectivity index (χ2v) is 8.29. The van der Waals surface area contributed by atoms with Crippen LogP contribution in [0.5, 0.6) is 0 Å². The van der Waals surface area contributed by atoms with Gasteiger partial charge < -0.3 is 0 Å². The first-order valence-corrected chi connectivity index (χ1v) is 10.2.